The molecule has 2 aromatic carbocycles. The summed E-state index contributed by atoms with van der Waals surface area (Å²) in [6.07, 6.45) is 0.448. The van der Waals surface area contributed by atoms with Crippen molar-refractivity contribution in [3.63, 3.8) is 0 Å². The summed E-state index contributed by atoms with van der Waals surface area (Å²) in [6.45, 7) is 4.40. The second-order valence-electron chi connectivity index (χ2n) is 6.20. The van der Waals surface area contributed by atoms with Crippen molar-refractivity contribution in [3.05, 3.63) is 65.0 Å². The van der Waals surface area contributed by atoms with Crippen molar-refractivity contribution in [1.29, 1.82) is 0 Å². The topological polar surface area (TPSA) is 72.7 Å². The molecule has 6 nitrogen and oxygen atoms in total. The van der Waals surface area contributed by atoms with E-state index < -0.39 is 0 Å². The summed E-state index contributed by atoms with van der Waals surface area (Å²) >= 11 is 1.26. The smallest absolute Gasteiger partial charge is 0.230 e. The van der Waals surface area contributed by atoms with Crippen molar-refractivity contribution in [2.75, 3.05) is 12.3 Å². The highest BCUT2D eigenvalue weighted by atomic mass is 32.2. The van der Waals surface area contributed by atoms with E-state index in [1.165, 1.54) is 17.8 Å². The van der Waals surface area contributed by atoms with Crippen LogP contribution in [0.3, 0.4) is 0 Å². The van der Waals surface area contributed by atoms with E-state index in [2.05, 4.69) is 26.9 Å². The zero-order valence-corrected chi connectivity index (χ0v) is 16.0. The number of carbonyl (C=O) groups excluding carboxylic acids is 1. The van der Waals surface area contributed by atoms with Crippen molar-refractivity contribution in [2.24, 2.45) is 0 Å². The maximum atomic E-state index is 13.6. The number of carbonyl (C=O) groups is 1. The predicted molar refractivity (Wildman–Crippen MR) is 102 cm³/mol. The fraction of sp³-hybridized carbons (Fsp3) is 0.263. The number of tetrazole rings is 1. The molecular weight excluding hydrogens is 365 g/mol. The van der Waals surface area contributed by atoms with Gasteiger partial charge in [-0.25, -0.2) is 4.39 Å². The summed E-state index contributed by atoms with van der Waals surface area (Å²) < 4.78 is 15.2. The molecule has 0 aliphatic carbocycles. The van der Waals surface area contributed by atoms with E-state index in [1.54, 1.807) is 22.9 Å². The second kappa shape index (κ2) is 8.77. The molecular formula is C19H20FN5OS. The molecule has 0 unspecified atom stereocenters. The SMILES string of the molecule is Cc1cc(C)cc(-n2nnnc2SCC(=O)NCCc2ccccc2F)c1. The molecule has 0 radical (unpaired) electrons. The third-order valence-corrected chi connectivity index (χ3v) is 4.82. The van der Waals surface area contributed by atoms with Crippen molar-refractivity contribution < 1.29 is 9.18 Å². The summed E-state index contributed by atoms with van der Waals surface area (Å²) in [5.41, 5.74) is 3.67. The number of hydrogen-bond donors (Lipinski definition) is 1. The minimum absolute atomic E-state index is 0.147. The fourth-order valence-electron chi connectivity index (χ4n) is 2.72. The first-order valence-corrected chi connectivity index (χ1v) is 9.51. The third kappa shape index (κ3) is 5.13. The summed E-state index contributed by atoms with van der Waals surface area (Å²) in [5.74, 6) is -0.220. The average Bonchev–Trinajstić information content (AvgIpc) is 3.09. The van der Waals surface area contributed by atoms with Gasteiger partial charge in [0.1, 0.15) is 5.82 Å². The Bertz CT molecular complexity index is 923. The molecule has 0 aliphatic heterocycles. The Balaban J connectivity index is 1.54. The number of hydrogen-bond acceptors (Lipinski definition) is 5. The van der Waals surface area contributed by atoms with E-state index in [4.69, 9.17) is 0 Å². The van der Waals surface area contributed by atoms with E-state index in [0.717, 1.165) is 16.8 Å². The highest BCUT2D eigenvalue weighted by Crippen LogP contribution is 2.20. The van der Waals surface area contributed by atoms with Crippen LogP contribution in [0.1, 0.15) is 16.7 Å². The Hall–Kier alpha value is -2.74. The minimum atomic E-state index is -0.256. The van der Waals surface area contributed by atoms with Gasteiger partial charge in [-0.15, -0.1) is 5.10 Å². The third-order valence-electron chi connectivity index (χ3n) is 3.90. The summed E-state index contributed by atoms with van der Waals surface area (Å²) in [4.78, 5) is 12.1. The molecule has 0 spiro atoms. The van der Waals surface area contributed by atoms with Gasteiger partial charge in [0.05, 0.1) is 11.4 Å². The number of amides is 1. The molecule has 0 bridgehead atoms. The number of thioether (sulfide) groups is 1. The Kier molecular flexibility index (Phi) is 6.18. The minimum Gasteiger partial charge on any atom is -0.355 e. The van der Waals surface area contributed by atoms with Crippen LogP contribution in [0.5, 0.6) is 0 Å². The lowest BCUT2D eigenvalue weighted by atomic mass is 10.1. The van der Waals surface area contributed by atoms with Gasteiger partial charge in [0, 0.05) is 6.54 Å². The zero-order valence-electron chi connectivity index (χ0n) is 15.1. The Labute approximate surface area is 161 Å². The van der Waals surface area contributed by atoms with Crippen LogP contribution in [-0.4, -0.2) is 38.4 Å². The molecule has 1 aromatic heterocycles. The van der Waals surface area contributed by atoms with Gasteiger partial charge in [0.25, 0.3) is 0 Å². The van der Waals surface area contributed by atoms with Crippen LogP contribution in [0.25, 0.3) is 5.69 Å². The predicted octanol–water partition coefficient (Wildman–Crippen LogP) is 2.87. The van der Waals surface area contributed by atoms with Gasteiger partial charge in [-0.05, 0) is 65.6 Å². The first kappa shape index (κ1) is 19.0. The normalized spacial score (nSPS) is 10.8. The van der Waals surface area contributed by atoms with Gasteiger partial charge < -0.3 is 5.32 Å². The molecule has 3 aromatic rings. The second-order valence-corrected chi connectivity index (χ2v) is 7.14. The van der Waals surface area contributed by atoms with Crippen LogP contribution in [0, 0.1) is 19.7 Å². The van der Waals surface area contributed by atoms with Crippen LogP contribution in [0.4, 0.5) is 4.39 Å². The van der Waals surface area contributed by atoms with Crippen LogP contribution in [0.15, 0.2) is 47.6 Å². The quantitative estimate of drug-likeness (QED) is 0.633. The standard InChI is InChI=1S/C19H20FN5OS/c1-13-9-14(2)11-16(10-13)25-19(22-23-24-25)27-12-18(26)21-8-7-15-5-3-4-6-17(15)20/h3-6,9-11H,7-8,12H2,1-2H3,(H,21,26). The van der Waals surface area contributed by atoms with Gasteiger partial charge in [-0.2, -0.15) is 4.68 Å². The number of benzene rings is 2. The molecule has 3 rings (SSSR count). The lowest BCUT2D eigenvalue weighted by Gasteiger charge is -2.08. The molecule has 140 valence electrons. The summed E-state index contributed by atoms with van der Waals surface area (Å²) in [5, 5.41) is 15.1. The number of aromatic nitrogens is 4. The number of halogens is 1. The molecule has 0 saturated heterocycles. The first-order chi connectivity index (χ1) is 13.0. The van der Waals surface area contributed by atoms with Crippen molar-refractivity contribution in [1.82, 2.24) is 25.5 Å². The largest absolute Gasteiger partial charge is 0.355 e. The van der Waals surface area contributed by atoms with Crippen molar-refractivity contribution in [3.8, 4) is 5.69 Å². The van der Waals surface area contributed by atoms with Gasteiger partial charge in [-0.3, -0.25) is 4.79 Å². The van der Waals surface area contributed by atoms with Crippen LogP contribution in [0.2, 0.25) is 0 Å². The highest BCUT2D eigenvalue weighted by Gasteiger charge is 2.12. The van der Waals surface area contributed by atoms with E-state index in [1.807, 2.05) is 26.0 Å². The van der Waals surface area contributed by atoms with Crippen LogP contribution >= 0.6 is 11.8 Å². The van der Waals surface area contributed by atoms with Gasteiger partial charge in [0.15, 0.2) is 0 Å². The lowest BCUT2D eigenvalue weighted by Crippen LogP contribution is -2.27. The Morgan fingerprint density at radius 1 is 1.19 bits per heavy atom. The number of rotatable bonds is 7. The Morgan fingerprint density at radius 3 is 2.67 bits per heavy atom. The zero-order chi connectivity index (χ0) is 19.2. The Morgan fingerprint density at radius 2 is 1.93 bits per heavy atom. The van der Waals surface area contributed by atoms with Gasteiger partial charge in [-0.1, -0.05) is 36.0 Å². The maximum absolute atomic E-state index is 13.6. The average molecular weight is 385 g/mol. The fourth-order valence-corrected chi connectivity index (χ4v) is 3.44. The molecule has 8 heteroatoms. The van der Waals surface area contributed by atoms with E-state index in [0.29, 0.717) is 23.7 Å². The molecule has 27 heavy (non-hydrogen) atoms. The molecule has 1 amide bonds. The van der Waals surface area contributed by atoms with E-state index in [9.17, 15) is 9.18 Å². The molecule has 0 aliphatic rings. The van der Waals surface area contributed by atoms with Crippen molar-refractivity contribution >= 4 is 17.7 Å². The monoisotopic (exact) mass is 385 g/mol. The summed E-state index contributed by atoms with van der Waals surface area (Å²) in [7, 11) is 0. The van der Waals surface area contributed by atoms with E-state index in [-0.39, 0.29) is 17.5 Å². The maximum Gasteiger partial charge on any atom is 0.230 e. The highest BCUT2D eigenvalue weighted by molar-refractivity contribution is 7.99. The van der Waals surface area contributed by atoms with E-state index >= 15 is 0 Å². The lowest BCUT2D eigenvalue weighted by molar-refractivity contribution is -0.118. The van der Waals surface area contributed by atoms with Crippen molar-refractivity contribution in [2.45, 2.75) is 25.4 Å². The summed E-state index contributed by atoms with van der Waals surface area (Å²) in [6, 6.07) is 12.6. The van der Waals surface area contributed by atoms with Gasteiger partial charge in [0.2, 0.25) is 11.1 Å². The molecule has 0 fully saturated rings. The van der Waals surface area contributed by atoms with Crippen LogP contribution in [-0.2, 0) is 11.2 Å². The number of nitrogens with zero attached hydrogens (tertiary/aromatic N) is 4. The number of nitrogens with one attached hydrogen (secondary N) is 1. The molecule has 1 heterocycles. The molecule has 1 N–H and O–H groups in total. The first-order valence-electron chi connectivity index (χ1n) is 8.53. The molecule has 0 atom stereocenters. The molecule has 0 saturated carbocycles. The number of aryl methyl sites for hydroxylation is 2. The van der Waals surface area contributed by atoms with Gasteiger partial charge >= 0.3 is 0 Å². The van der Waals surface area contributed by atoms with Crippen LogP contribution < -0.4 is 5.32 Å².